The van der Waals surface area contributed by atoms with Gasteiger partial charge in [-0.2, -0.15) is 5.10 Å². The molecule has 0 bridgehead atoms. The van der Waals surface area contributed by atoms with E-state index in [1.807, 2.05) is 15.5 Å². The normalized spacial score (nSPS) is 16.0. The molecule has 3 aromatic heterocycles. The fraction of sp³-hybridized carbons (Fsp3) is 0.320. The summed E-state index contributed by atoms with van der Waals surface area (Å²) in [6, 6.07) is 6.37. The van der Waals surface area contributed by atoms with Crippen molar-refractivity contribution in [2.45, 2.75) is 25.9 Å². The van der Waals surface area contributed by atoms with Gasteiger partial charge in [-0.05, 0) is 42.5 Å². The highest BCUT2D eigenvalue weighted by Crippen LogP contribution is 2.46. The first-order chi connectivity index (χ1) is 16.5. The molecule has 176 valence electrons. The molecule has 2 N–H and O–H groups in total. The molecule has 9 heteroatoms. The van der Waals surface area contributed by atoms with Crippen LogP contribution in [-0.2, 0) is 16.1 Å². The highest BCUT2D eigenvalue weighted by molar-refractivity contribution is 7.22. The Hall–Kier alpha value is -3.43. The second-order valence-electron chi connectivity index (χ2n) is 8.55. The van der Waals surface area contributed by atoms with Crippen molar-refractivity contribution in [3.05, 3.63) is 54.0 Å². The summed E-state index contributed by atoms with van der Waals surface area (Å²) in [5, 5.41) is 5.71. The number of carbonyl (C=O) groups excluding carboxylic acids is 1. The van der Waals surface area contributed by atoms with E-state index in [-0.39, 0.29) is 11.8 Å². The zero-order valence-corrected chi connectivity index (χ0v) is 20.3. The molecule has 4 aromatic rings. The number of rotatable bonds is 6. The van der Waals surface area contributed by atoms with E-state index in [0.29, 0.717) is 25.5 Å². The first-order valence-corrected chi connectivity index (χ1v) is 11.9. The van der Waals surface area contributed by atoms with Gasteiger partial charge in [0.2, 0.25) is 5.91 Å². The number of anilines is 1. The minimum absolute atomic E-state index is 0.0574. The van der Waals surface area contributed by atoms with Gasteiger partial charge in [-0.3, -0.25) is 4.79 Å². The lowest BCUT2D eigenvalue weighted by Gasteiger charge is -2.15. The summed E-state index contributed by atoms with van der Waals surface area (Å²) >= 11 is 1.66. The molecule has 1 saturated heterocycles. The van der Waals surface area contributed by atoms with E-state index in [1.165, 1.54) is 12.4 Å². The maximum Gasteiger partial charge on any atom is 0.245 e. The molecule has 0 aliphatic carbocycles. The Morgan fingerprint density at radius 2 is 2.18 bits per heavy atom. The molecule has 1 aliphatic heterocycles. The number of aryl methyl sites for hydroxylation is 1. The number of carbonyl (C=O) groups is 1. The monoisotopic (exact) mass is 477 g/mol. The Morgan fingerprint density at radius 1 is 1.35 bits per heavy atom. The smallest absolute Gasteiger partial charge is 0.245 e. The van der Waals surface area contributed by atoms with Gasteiger partial charge in [0.25, 0.3) is 0 Å². The van der Waals surface area contributed by atoms with Crippen LogP contribution in [0.25, 0.3) is 26.0 Å². The number of nitrogens with zero attached hydrogens (tertiary/aromatic N) is 4. The molecule has 0 radical (unpaired) electrons. The van der Waals surface area contributed by atoms with E-state index >= 15 is 0 Å². The number of hydrogen-bond donors (Lipinski definition) is 1. The van der Waals surface area contributed by atoms with Gasteiger partial charge in [0, 0.05) is 42.1 Å². The van der Waals surface area contributed by atoms with Crippen molar-refractivity contribution in [2.24, 2.45) is 0 Å². The van der Waals surface area contributed by atoms with Crippen molar-refractivity contribution in [1.29, 1.82) is 0 Å². The van der Waals surface area contributed by atoms with Crippen molar-refractivity contribution in [1.82, 2.24) is 19.5 Å². The number of hydrogen-bond acceptors (Lipinski definition) is 7. The van der Waals surface area contributed by atoms with Crippen molar-refractivity contribution >= 4 is 38.7 Å². The maximum absolute atomic E-state index is 12.3. The molecule has 1 fully saturated rings. The number of benzene rings is 1. The highest BCUT2D eigenvalue weighted by Gasteiger charge is 2.34. The predicted octanol–water partition coefficient (Wildman–Crippen LogP) is 4.16. The fourth-order valence-corrected chi connectivity index (χ4v) is 6.22. The van der Waals surface area contributed by atoms with E-state index in [2.05, 4.69) is 35.7 Å². The third kappa shape index (κ3) is 3.52. The van der Waals surface area contributed by atoms with Gasteiger partial charge in [0.05, 0.1) is 24.1 Å². The third-order valence-corrected chi connectivity index (χ3v) is 7.62. The highest BCUT2D eigenvalue weighted by atomic mass is 32.1. The number of aromatic nitrogens is 3. The number of amides is 1. The zero-order valence-electron chi connectivity index (χ0n) is 19.5. The fourth-order valence-electron chi connectivity index (χ4n) is 5.01. The molecule has 1 atom stereocenters. The lowest BCUT2D eigenvalue weighted by molar-refractivity contribution is -0.125. The summed E-state index contributed by atoms with van der Waals surface area (Å²) in [7, 11) is 3.38. The minimum Gasteiger partial charge on any atom is -0.495 e. The number of fused-ring (bicyclic) bond motifs is 2. The summed E-state index contributed by atoms with van der Waals surface area (Å²) in [4.78, 5) is 19.4. The quantitative estimate of drug-likeness (QED) is 0.419. The Morgan fingerprint density at radius 3 is 2.91 bits per heavy atom. The van der Waals surface area contributed by atoms with Gasteiger partial charge in [0.15, 0.2) is 5.82 Å². The van der Waals surface area contributed by atoms with E-state index in [0.717, 1.165) is 55.0 Å². The van der Waals surface area contributed by atoms with Crippen LogP contribution in [0, 0.1) is 6.92 Å². The Kier molecular flexibility index (Phi) is 5.75. The van der Waals surface area contributed by atoms with E-state index in [9.17, 15) is 4.79 Å². The minimum atomic E-state index is -0.0574. The lowest BCUT2D eigenvalue weighted by Crippen LogP contribution is -2.26. The van der Waals surface area contributed by atoms with Crippen LogP contribution in [0.5, 0.6) is 5.75 Å². The largest absolute Gasteiger partial charge is 0.495 e. The summed E-state index contributed by atoms with van der Waals surface area (Å²) in [5.74, 6) is 1.29. The average Bonchev–Trinajstić information content (AvgIpc) is 3.54. The molecule has 0 saturated carbocycles. The molecular weight excluding hydrogens is 450 g/mol. The molecule has 34 heavy (non-hydrogen) atoms. The number of methoxy groups -OCH3 is 2. The number of nitrogen functional groups attached to an aromatic ring is 1. The third-order valence-electron chi connectivity index (χ3n) is 6.44. The predicted molar refractivity (Wildman–Crippen MR) is 134 cm³/mol. The van der Waals surface area contributed by atoms with Crippen LogP contribution < -0.4 is 10.5 Å². The second-order valence-corrected chi connectivity index (χ2v) is 9.60. The average molecular weight is 478 g/mol. The Balaban J connectivity index is 1.76. The van der Waals surface area contributed by atoms with Crippen LogP contribution >= 0.6 is 11.3 Å². The molecule has 1 aliphatic rings. The summed E-state index contributed by atoms with van der Waals surface area (Å²) in [5.41, 5.74) is 11.3. The Labute approximate surface area is 201 Å². The van der Waals surface area contributed by atoms with Crippen molar-refractivity contribution < 1.29 is 14.3 Å². The topological polar surface area (TPSA) is 95.0 Å². The standard InChI is InChI=1S/C25H27N5O3S/c1-5-20(31)29-7-6-15(11-29)22-17(12-32-3)21(23-25(26)27-13-28-30(22)23)19-10-16-8-14(2)9-18(33-4)24(16)34-19/h5,8-10,13,15H,1,6-7,11-12H2,2-4H3,(H2,26,27,28)/t15-/m1/s1. The van der Waals surface area contributed by atoms with Crippen LogP contribution in [0.15, 0.2) is 37.2 Å². The van der Waals surface area contributed by atoms with Crippen LogP contribution in [-0.4, -0.2) is 52.7 Å². The van der Waals surface area contributed by atoms with Gasteiger partial charge in [0.1, 0.15) is 17.6 Å². The molecule has 5 rings (SSSR count). The summed E-state index contributed by atoms with van der Waals surface area (Å²) in [6.45, 7) is 7.35. The molecule has 1 aromatic carbocycles. The summed E-state index contributed by atoms with van der Waals surface area (Å²) in [6.07, 6.45) is 3.67. The van der Waals surface area contributed by atoms with Gasteiger partial charge in [-0.25, -0.2) is 9.50 Å². The SMILES string of the molecule is C=CC(=O)N1CC[C@@H](c2c(COC)c(-c3cc4cc(C)cc(OC)c4s3)c3c(N)ncnn23)C1. The first kappa shape index (κ1) is 22.4. The zero-order chi connectivity index (χ0) is 24.0. The van der Waals surface area contributed by atoms with Crippen molar-refractivity contribution in [3.8, 4) is 16.2 Å². The van der Waals surface area contributed by atoms with Crippen LogP contribution in [0.1, 0.15) is 29.2 Å². The number of thiophene rings is 1. The van der Waals surface area contributed by atoms with E-state index < -0.39 is 0 Å². The summed E-state index contributed by atoms with van der Waals surface area (Å²) < 4.78 is 14.3. The second kappa shape index (κ2) is 8.73. The number of likely N-dealkylation sites (tertiary alicyclic amines) is 1. The van der Waals surface area contributed by atoms with Crippen LogP contribution in [0.4, 0.5) is 5.82 Å². The lowest BCUT2D eigenvalue weighted by atomic mass is 9.98. The van der Waals surface area contributed by atoms with E-state index in [4.69, 9.17) is 15.2 Å². The van der Waals surface area contributed by atoms with Gasteiger partial charge >= 0.3 is 0 Å². The molecular formula is C25H27N5O3S. The molecule has 4 heterocycles. The maximum atomic E-state index is 12.3. The molecule has 1 amide bonds. The molecule has 0 unspecified atom stereocenters. The number of ether oxygens (including phenoxy) is 2. The van der Waals surface area contributed by atoms with Crippen LogP contribution in [0.2, 0.25) is 0 Å². The molecule has 0 spiro atoms. The van der Waals surface area contributed by atoms with E-state index in [1.54, 1.807) is 25.6 Å². The molecule has 8 nitrogen and oxygen atoms in total. The van der Waals surface area contributed by atoms with Crippen molar-refractivity contribution in [3.63, 3.8) is 0 Å². The van der Waals surface area contributed by atoms with Crippen molar-refractivity contribution in [2.75, 3.05) is 33.0 Å². The van der Waals surface area contributed by atoms with Crippen LogP contribution in [0.3, 0.4) is 0 Å². The number of nitrogens with two attached hydrogens (primary N) is 1. The Bertz CT molecular complexity index is 1420. The van der Waals surface area contributed by atoms with Gasteiger partial charge in [-0.15, -0.1) is 11.3 Å². The van der Waals surface area contributed by atoms with Gasteiger partial charge in [-0.1, -0.05) is 12.6 Å². The van der Waals surface area contributed by atoms with Gasteiger partial charge < -0.3 is 20.1 Å². The first-order valence-electron chi connectivity index (χ1n) is 11.1.